The van der Waals surface area contributed by atoms with Crippen LogP contribution in [0.25, 0.3) is 11.1 Å². The predicted octanol–water partition coefficient (Wildman–Crippen LogP) is 3.52. The first-order valence-corrected chi connectivity index (χ1v) is 8.85. The van der Waals surface area contributed by atoms with Crippen molar-refractivity contribution < 1.29 is 19.1 Å². The van der Waals surface area contributed by atoms with Crippen molar-refractivity contribution >= 4 is 11.9 Å². The maximum absolute atomic E-state index is 13.0. The van der Waals surface area contributed by atoms with E-state index in [0.29, 0.717) is 22.4 Å². The molecule has 1 heterocycles. The van der Waals surface area contributed by atoms with Crippen molar-refractivity contribution in [3.63, 3.8) is 0 Å². The summed E-state index contributed by atoms with van der Waals surface area (Å²) >= 11 is 0. The lowest BCUT2D eigenvalue weighted by atomic mass is 9.82. The second kappa shape index (κ2) is 6.85. The van der Waals surface area contributed by atoms with Gasteiger partial charge in [0, 0.05) is 11.1 Å². The molecule has 140 valence electrons. The van der Waals surface area contributed by atoms with Crippen LogP contribution < -0.4 is 10.1 Å². The van der Waals surface area contributed by atoms with Gasteiger partial charge in [0.25, 0.3) is 5.91 Å². The van der Waals surface area contributed by atoms with E-state index in [4.69, 9.17) is 9.47 Å². The van der Waals surface area contributed by atoms with Crippen LogP contribution in [-0.2, 0) is 15.1 Å². The molecule has 1 amide bonds. The van der Waals surface area contributed by atoms with E-state index in [1.165, 1.54) is 7.11 Å². The van der Waals surface area contributed by atoms with Crippen molar-refractivity contribution in [3.8, 4) is 16.9 Å². The number of carbonyl (C=O) groups is 2. The average molecular weight is 373 g/mol. The first kappa shape index (κ1) is 17.8. The molecule has 0 fully saturated rings. The van der Waals surface area contributed by atoms with Gasteiger partial charge in [0.15, 0.2) is 5.54 Å². The number of benzene rings is 3. The zero-order chi connectivity index (χ0) is 19.7. The molecule has 1 aliphatic heterocycles. The number of rotatable bonds is 4. The van der Waals surface area contributed by atoms with Gasteiger partial charge in [-0.15, -0.1) is 0 Å². The van der Waals surface area contributed by atoms with Gasteiger partial charge in [-0.05, 0) is 41.0 Å². The van der Waals surface area contributed by atoms with Crippen LogP contribution in [0.4, 0.5) is 0 Å². The summed E-state index contributed by atoms with van der Waals surface area (Å²) in [5.74, 6) is -0.325. The Morgan fingerprint density at radius 2 is 1.64 bits per heavy atom. The molecule has 1 aliphatic rings. The van der Waals surface area contributed by atoms with Crippen LogP contribution in [0.5, 0.6) is 5.75 Å². The number of fused-ring (bicyclic) bond motifs is 1. The highest BCUT2D eigenvalue weighted by atomic mass is 16.5. The Bertz CT molecular complexity index is 1060. The van der Waals surface area contributed by atoms with Crippen molar-refractivity contribution in [1.82, 2.24) is 5.32 Å². The van der Waals surface area contributed by atoms with Crippen LogP contribution in [0.3, 0.4) is 0 Å². The highest BCUT2D eigenvalue weighted by molar-refractivity contribution is 6.08. The van der Waals surface area contributed by atoms with Crippen molar-refractivity contribution in [1.29, 1.82) is 0 Å². The van der Waals surface area contributed by atoms with Crippen molar-refractivity contribution in [2.45, 2.75) is 5.54 Å². The maximum atomic E-state index is 13.0. The van der Waals surface area contributed by atoms with Crippen molar-refractivity contribution in [2.24, 2.45) is 0 Å². The minimum absolute atomic E-state index is 0.326. The molecule has 0 saturated heterocycles. The van der Waals surface area contributed by atoms with Gasteiger partial charge in [-0.1, -0.05) is 48.5 Å². The molecule has 0 spiro atoms. The van der Waals surface area contributed by atoms with Crippen molar-refractivity contribution in [2.75, 3.05) is 14.2 Å². The quantitative estimate of drug-likeness (QED) is 0.711. The second-order valence-corrected chi connectivity index (χ2v) is 6.55. The number of nitrogens with one attached hydrogen (secondary N) is 1. The standard InChI is InChI=1S/C23H19NO4/c1-27-18-11-12-19-20(14-18)23(22(26)28-2,24-21(19)25)17-10-6-9-16(13-17)15-7-4-3-5-8-15/h3-14H,1-2H3,(H,24,25). The summed E-state index contributed by atoms with van der Waals surface area (Å²) in [6.07, 6.45) is 0. The van der Waals surface area contributed by atoms with E-state index in [0.717, 1.165) is 11.1 Å². The molecule has 5 nitrogen and oxygen atoms in total. The van der Waals surface area contributed by atoms with Crippen LogP contribution >= 0.6 is 0 Å². The fourth-order valence-corrected chi connectivity index (χ4v) is 3.69. The normalized spacial score (nSPS) is 17.6. The highest BCUT2D eigenvalue weighted by Crippen LogP contribution is 2.41. The number of amides is 1. The second-order valence-electron chi connectivity index (χ2n) is 6.55. The molecule has 0 saturated carbocycles. The number of esters is 1. The van der Waals surface area contributed by atoms with Gasteiger partial charge in [0.05, 0.1) is 14.2 Å². The molecule has 0 bridgehead atoms. The SMILES string of the molecule is COC(=O)C1(c2cccc(-c3ccccc3)c2)NC(=O)c2ccc(OC)cc21. The summed E-state index contributed by atoms with van der Waals surface area (Å²) in [6, 6.07) is 22.5. The summed E-state index contributed by atoms with van der Waals surface area (Å²) in [4.78, 5) is 25.7. The Morgan fingerprint density at radius 1 is 0.893 bits per heavy atom. The third-order valence-corrected chi connectivity index (χ3v) is 5.07. The van der Waals surface area contributed by atoms with E-state index in [-0.39, 0.29) is 5.91 Å². The van der Waals surface area contributed by atoms with E-state index in [2.05, 4.69) is 5.32 Å². The first-order chi connectivity index (χ1) is 13.6. The molecule has 0 radical (unpaired) electrons. The molecule has 5 heteroatoms. The van der Waals surface area contributed by atoms with Gasteiger partial charge in [-0.3, -0.25) is 4.79 Å². The number of hydrogen-bond acceptors (Lipinski definition) is 4. The zero-order valence-corrected chi connectivity index (χ0v) is 15.6. The smallest absolute Gasteiger partial charge is 0.341 e. The maximum Gasteiger partial charge on any atom is 0.341 e. The minimum atomic E-state index is -1.43. The first-order valence-electron chi connectivity index (χ1n) is 8.85. The Kier molecular flexibility index (Phi) is 4.35. The number of methoxy groups -OCH3 is 2. The third kappa shape index (κ3) is 2.63. The highest BCUT2D eigenvalue weighted by Gasteiger charge is 2.51. The van der Waals surface area contributed by atoms with Crippen LogP contribution in [0, 0.1) is 0 Å². The summed E-state index contributed by atoms with van der Waals surface area (Å²) < 4.78 is 10.4. The predicted molar refractivity (Wildman–Crippen MR) is 105 cm³/mol. The lowest BCUT2D eigenvalue weighted by molar-refractivity contribution is -0.146. The Balaban J connectivity index is 1.95. The minimum Gasteiger partial charge on any atom is -0.497 e. The molecular formula is C23H19NO4. The Hall–Kier alpha value is -3.60. The van der Waals surface area contributed by atoms with Gasteiger partial charge < -0.3 is 14.8 Å². The lowest BCUT2D eigenvalue weighted by Crippen LogP contribution is -2.48. The van der Waals surface area contributed by atoms with Gasteiger partial charge in [0.1, 0.15) is 5.75 Å². The number of carbonyl (C=O) groups excluding carboxylic acids is 2. The van der Waals surface area contributed by atoms with E-state index >= 15 is 0 Å². The van der Waals surface area contributed by atoms with Crippen molar-refractivity contribution in [3.05, 3.63) is 89.5 Å². The summed E-state index contributed by atoms with van der Waals surface area (Å²) in [5, 5.41) is 2.86. The summed E-state index contributed by atoms with van der Waals surface area (Å²) in [6.45, 7) is 0. The molecule has 4 rings (SSSR count). The van der Waals surface area contributed by atoms with Gasteiger partial charge >= 0.3 is 5.97 Å². The fourth-order valence-electron chi connectivity index (χ4n) is 3.69. The van der Waals surface area contributed by atoms with E-state index in [1.54, 1.807) is 25.3 Å². The van der Waals surface area contributed by atoms with Crippen LogP contribution in [0.2, 0.25) is 0 Å². The zero-order valence-electron chi connectivity index (χ0n) is 15.6. The Morgan fingerprint density at radius 3 is 2.36 bits per heavy atom. The van der Waals surface area contributed by atoms with Crippen LogP contribution in [-0.4, -0.2) is 26.1 Å². The Labute approximate surface area is 162 Å². The largest absolute Gasteiger partial charge is 0.497 e. The van der Waals surface area contributed by atoms with Gasteiger partial charge in [-0.25, -0.2) is 4.79 Å². The van der Waals surface area contributed by atoms with Gasteiger partial charge in [-0.2, -0.15) is 0 Å². The molecule has 0 aromatic heterocycles. The summed E-state index contributed by atoms with van der Waals surface area (Å²) in [5.41, 5.74) is 2.10. The third-order valence-electron chi connectivity index (χ3n) is 5.07. The van der Waals surface area contributed by atoms with E-state index < -0.39 is 11.5 Å². The molecule has 3 aromatic rings. The number of hydrogen-bond donors (Lipinski definition) is 1. The van der Waals surface area contributed by atoms with Crippen LogP contribution in [0.15, 0.2) is 72.8 Å². The topological polar surface area (TPSA) is 64.6 Å². The summed E-state index contributed by atoms with van der Waals surface area (Å²) in [7, 11) is 2.86. The molecular weight excluding hydrogens is 354 g/mol. The number of ether oxygens (including phenoxy) is 2. The van der Waals surface area contributed by atoms with Crippen LogP contribution in [0.1, 0.15) is 21.5 Å². The molecule has 28 heavy (non-hydrogen) atoms. The van der Waals surface area contributed by atoms with Gasteiger partial charge in [0.2, 0.25) is 0 Å². The van der Waals surface area contributed by atoms with E-state index in [1.807, 2.05) is 54.6 Å². The molecule has 1 unspecified atom stereocenters. The van der Waals surface area contributed by atoms with E-state index in [9.17, 15) is 9.59 Å². The average Bonchev–Trinajstić information content (AvgIpc) is 3.06. The monoisotopic (exact) mass is 373 g/mol. The molecule has 1 atom stereocenters. The lowest BCUT2D eigenvalue weighted by Gasteiger charge is -2.28. The molecule has 0 aliphatic carbocycles. The molecule has 3 aromatic carbocycles. The molecule has 1 N–H and O–H groups in total. The fraction of sp³-hybridized carbons (Fsp3) is 0.130.